The van der Waals surface area contributed by atoms with Crippen LogP contribution < -0.4 is 11.1 Å². The highest BCUT2D eigenvalue weighted by atomic mass is 19.1. The molecule has 108 valence electrons. The Morgan fingerprint density at radius 1 is 1.40 bits per heavy atom. The van der Waals surface area contributed by atoms with Gasteiger partial charge in [-0.25, -0.2) is 0 Å². The number of nitro benzene ring substituents is 1. The number of hydrogen-bond donors (Lipinski definition) is 2. The third-order valence-electron chi connectivity index (χ3n) is 3.57. The Labute approximate surface area is 115 Å². The molecule has 2 atom stereocenters. The quantitative estimate of drug-likeness (QED) is 0.655. The number of nitrogens with zero attached hydrogens (tertiary/aromatic N) is 1. The highest BCUT2D eigenvalue weighted by molar-refractivity contribution is 5.93. The third-order valence-corrected chi connectivity index (χ3v) is 3.57. The van der Waals surface area contributed by atoms with E-state index in [-0.39, 0.29) is 23.6 Å². The first-order valence-corrected chi connectivity index (χ1v) is 6.49. The van der Waals surface area contributed by atoms with Crippen LogP contribution >= 0.6 is 0 Å². The highest BCUT2D eigenvalue weighted by Crippen LogP contribution is 2.25. The molecule has 1 amide bonds. The minimum atomic E-state index is -0.972. The Kier molecular flexibility index (Phi) is 4.29. The topological polar surface area (TPSA) is 98.3 Å². The molecule has 0 spiro atoms. The van der Waals surface area contributed by atoms with E-state index in [1.54, 1.807) is 0 Å². The number of rotatable bonds is 3. The lowest BCUT2D eigenvalue weighted by atomic mass is 9.84. The number of benzene rings is 1. The number of nitrogens with two attached hydrogens (primary N) is 1. The van der Waals surface area contributed by atoms with Crippen molar-refractivity contribution >= 4 is 17.3 Å². The second-order valence-corrected chi connectivity index (χ2v) is 4.97. The summed E-state index contributed by atoms with van der Waals surface area (Å²) in [5.74, 6) is -1.52. The molecule has 3 N–H and O–H groups in total. The van der Waals surface area contributed by atoms with Gasteiger partial charge in [0.25, 0.3) is 0 Å². The lowest BCUT2D eigenvalue weighted by molar-refractivity contribution is -0.387. The fraction of sp³-hybridized carbons (Fsp3) is 0.462. The van der Waals surface area contributed by atoms with Gasteiger partial charge in [-0.1, -0.05) is 12.8 Å². The minimum Gasteiger partial charge on any atom is -0.327 e. The van der Waals surface area contributed by atoms with Gasteiger partial charge >= 0.3 is 5.69 Å². The summed E-state index contributed by atoms with van der Waals surface area (Å²) in [6, 6.07) is 3.11. The lowest BCUT2D eigenvalue weighted by Gasteiger charge is -2.27. The maximum Gasteiger partial charge on any atom is 0.304 e. The van der Waals surface area contributed by atoms with Gasteiger partial charge in [0.15, 0.2) is 0 Å². The third kappa shape index (κ3) is 3.11. The molecule has 0 aliphatic heterocycles. The van der Waals surface area contributed by atoms with Crippen LogP contribution in [0.3, 0.4) is 0 Å². The largest absolute Gasteiger partial charge is 0.327 e. The minimum absolute atomic E-state index is 0.188. The predicted molar refractivity (Wildman–Crippen MR) is 71.6 cm³/mol. The molecule has 0 heterocycles. The number of anilines is 1. The zero-order valence-electron chi connectivity index (χ0n) is 10.8. The predicted octanol–water partition coefficient (Wildman–Crippen LogP) is 2.19. The van der Waals surface area contributed by atoms with Crippen LogP contribution in [-0.2, 0) is 4.79 Å². The number of nitro groups is 1. The summed E-state index contributed by atoms with van der Waals surface area (Å²) in [4.78, 5) is 21.8. The molecule has 0 bridgehead atoms. The molecule has 0 saturated heterocycles. The van der Waals surface area contributed by atoms with Crippen LogP contribution in [0.5, 0.6) is 0 Å². The smallest absolute Gasteiger partial charge is 0.304 e. The molecule has 1 aromatic rings. The van der Waals surface area contributed by atoms with Crippen LogP contribution in [0, 0.1) is 21.8 Å². The van der Waals surface area contributed by atoms with Crippen LogP contribution in [-0.4, -0.2) is 16.9 Å². The van der Waals surface area contributed by atoms with Crippen LogP contribution in [0.1, 0.15) is 25.7 Å². The Hall–Kier alpha value is -2.02. The molecule has 2 unspecified atom stereocenters. The van der Waals surface area contributed by atoms with Gasteiger partial charge in [0.05, 0.1) is 10.8 Å². The standard InChI is InChI=1S/C13H16FN3O3/c14-10-7-8(5-6-12(10)17(19)20)16-13(18)9-3-1-2-4-11(9)15/h5-7,9,11H,1-4,15H2,(H,16,18). The number of hydrogen-bond acceptors (Lipinski definition) is 4. The van der Waals surface area contributed by atoms with E-state index in [1.165, 1.54) is 6.07 Å². The summed E-state index contributed by atoms with van der Waals surface area (Å²) in [5, 5.41) is 13.1. The highest BCUT2D eigenvalue weighted by Gasteiger charge is 2.28. The van der Waals surface area contributed by atoms with Crippen LogP contribution in [0.25, 0.3) is 0 Å². The van der Waals surface area contributed by atoms with E-state index in [9.17, 15) is 19.3 Å². The molecular weight excluding hydrogens is 265 g/mol. The summed E-state index contributed by atoms with van der Waals surface area (Å²) >= 11 is 0. The van der Waals surface area contributed by atoms with Gasteiger partial charge in [-0.05, 0) is 18.9 Å². The Morgan fingerprint density at radius 2 is 2.10 bits per heavy atom. The number of carbonyl (C=O) groups is 1. The summed E-state index contributed by atoms with van der Waals surface area (Å²) in [6.07, 6.45) is 3.46. The molecule has 1 aliphatic carbocycles. The van der Waals surface area contributed by atoms with E-state index in [0.717, 1.165) is 31.4 Å². The van der Waals surface area contributed by atoms with Crippen molar-refractivity contribution in [2.45, 2.75) is 31.7 Å². The summed E-state index contributed by atoms with van der Waals surface area (Å²) in [6.45, 7) is 0. The molecule has 6 nitrogen and oxygen atoms in total. The molecule has 7 heteroatoms. The zero-order valence-corrected chi connectivity index (χ0v) is 10.8. The lowest BCUT2D eigenvalue weighted by Crippen LogP contribution is -2.40. The Morgan fingerprint density at radius 3 is 2.70 bits per heavy atom. The second kappa shape index (κ2) is 5.96. The van der Waals surface area contributed by atoms with E-state index in [1.807, 2.05) is 0 Å². The van der Waals surface area contributed by atoms with Crippen molar-refractivity contribution in [1.82, 2.24) is 0 Å². The van der Waals surface area contributed by atoms with Crippen LogP contribution in [0.15, 0.2) is 18.2 Å². The van der Waals surface area contributed by atoms with Crippen molar-refractivity contribution in [3.63, 3.8) is 0 Å². The Bertz CT molecular complexity index is 536. The molecule has 0 radical (unpaired) electrons. The summed E-state index contributed by atoms with van der Waals surface area (Å²) in [7, 11) is 0. The van der Waals surface area contributed by atoms with Gasteiger partial charge in [0, 0.05) is 23.9 Å². The van der Waals surface area contributed by atoms with Gasteiger partial charge in [0.2, 0.25) is 11.7 Å². The molecule has 1 aliphatic rings. The molecule has 2 rings (SSSR count). The normalized spacial score (nSPS) is 22.3. The summed E-state index contributed by atoms with van der Waals surface area (Å²) < 4.78 is 13.5. The van der Waals surface area contributed by atoms with Gasteiger partial charge in [0.1, 0.15) is 0 Å². The van der Waals surface area contributed by atoms with Gasteiger partial charge in [-0.2, -0.15) is 4.39 Å². The fourth-order valence-electron chi connectivity index (χ4n) is 2.45. The number of carbonyl (C=O) groups excluding carboxylic acids is 1. The van der Waals surface area contributed by atoms with Crippen molar-refractivity contribution in [2.24, 2.45) is 11.7 Å². The average Bonchev–Trinajstić information content (AvgIpc) is 2.38. The van der Waals surface area contributed by atoms with E-state index < -0.39 is 16.4 Å². The molecule has 1 saturated carbocycles. The van der Waals surface area contributed by atoms with Crippen molar-refractivity contribution < 1.29 is 14.1 Å². The van der Waals surface area contributed by atoms with Crippen molar-refractivity contribution in [3.05, 3.63) is 34.1 Å². The fourth-order valence-corrected chi connectivity index (χ4v) is 2.45. The first-order valence-electron chi connectivity index (χ1n) is 6.49. The van der Waals surface area contributed by atoms with E-state index in [4.69, 9.17) is 5.73 Å². The van der Waals surface area contributed by atoms with E-state index >= 15 is 0 Å². The first-order chi connectivity index (χ1) is 9.49. The van der Waals surface area contributed by atoms with Crippen molar-refractivity contribution in [1.29, 1.82) is 0 Å². The molecule has 1 fully saturated rings. The van der Waals surface area contributed by atoms with Gasteiger partial charge < -0.3 is 11.1 Å². The van der Waals surface area contributed by atoms with Crippen LogP contribution in [0.2, 0.25) is 0 Å². The number of amides is 1. The van der Waals surface area contributed by atoms with E-state index in [2.05, 4.69) is 5.32 Å². The summed E-state index contributed by atoms with van der Waals surface area (Å²) in [5.41, 5.74) is 5.49. The number of halogens is 1. The second-order valence-electron chi connectivity index (χ2n) is 4.97. The molecule has 1 aromatic carbocycles. The monoisotopic (exact) mass is 281 g/mol. The number of nitrogens with one attached hydrogen (secondary N) is 1. The maximum absolute atomic E-state index is 13.5. The van der Waals surface area contributed by atoms with Gasteiger partial charge in [-0.3, -0.25) is 14.9 Å². The molecular formula is C13H16FN3O3. The zero-order chi connectivity index (χ0) is 14.7. The van der Waals surface area contributed by atoms with Crippen molar-refractivity contribution in [2.75, 3.05) is 5.32 Å². The SMILES string of the molecule is NC1CCCCC1C(=O)Nc1ccc([N+](=O)[O-])c(F)c1. The van der Waals surface area contributed by atoms with Crippen molar-refractivity contribution in [3.8, 4) is 0 Å². The Balaban J connectivity index is 2.08. The van der Waals surface area contributed by atoms with E-state index in [0.29, 0.717) is 6.42 Å². The molecule has 20 heavy (non-hydrogen) atoms. The van der Waals surface area contributed by atoms with Crippen LogP contribution in [0.4, 0.5) is 15.8 Å². The average molecular weight is 281 g/mol. The van der Waals surface area contributed by atoms with Gasteiger partial charge in [-0.15, -0.1) is 0 Å². The maximum atomic E-state index is 13.5. The first kappa shape index (κ1) is 14.4. The molecule has 0 aromatic heterocycles.